The van der Waals surface area contributed by atoms with E-state index in [1.165, 1.54) is 0 Å². The van der Waals surface area contributed by atoms with E-state index in [2.05, 4.69) is 0 Å². The van der Waals surface area contributed by atoms with Gasteiger partial charge in [-0.2, -0.15) is 0 Å². The first kappa shape index (κ1) is 13.6. The molecule has 0 amide bonds. The van der Waals surface area contributed by atoms with Crippen molar-refractivity contribution in [1.82, 2.24) is 0 Å². The Labute approximate surface area is 119 Å². The first-order valence-electron chi connectivity index (χ1n) is 7.00. The number of hydrogen-bond acceptors (Lipinski definition) is 3. The molecular weight excluding hydrogens is 272 g/mol. The van der Waals surface area contributed by atoms with Gasteiger partial charge in [0.05, 0.1) is 16.2 Å². The molecule has 106 valence electrons. The highest BCUT2D eigenvalue weighted by molar-refractivity contribution is 7.92. The second-order valence-electron chi connectivity index (χ2n) is 5.44. The molecule has 1 saturated carbocycles. The Morgan fingerprint density at radius 3 is 2.40 bits per heavy atom. The van der Waals surface area contributed by atoms with E-state index in [0.717, 1.165) is 23.6 Å². The fourth-order valence-electron chi connectivity index (χ4n) is 2.96. The van der Waals surface area contributed by atoms with Gasteiger partial charge in [0.15, 0.2) is 9.84 Å². The number of rotatable bonds is 2. The Morgan fingerprint density at radius 1 is 0.950 bits per heavy atom. The molecule has 1 fully saturated rings. The standard InChI is InChI=1S/C16H18O3S/c17-15-7-3-4-8-16(15)20(18,19)14-10-9-12-5-1-2-6-13(12)11-14/h1-2,5-6,9-11,15-17H,3-4,7-8H2/t15-,16-/m0/s1. The Hall–Kier alpha value is -1.39. The number of sulfone groups is 1. The highest BCUT2D eigenvalue weighted by atomic mass is 32.2. The van der Waals surface area contributed by atoms with Crippen LogP contribution in [0.2, 0.25) is 0 Å². The van der Waals surface area contributed by atoms with Crippen LogP contribution in [0.4, 0.5) is 0 Å². The van der Waals surface area contributed by atoms with E-state index >= 15 is 0 Å². The highest BCUT2D eigenvalue weighted by Crippen LogP contribution is 2.30. The van der Waals surface area contributed by atoms with Crippen molar-refractivity contribution in [2.24, 2.45) is 0 Å². The molecule has 1 N–H and O–H groups in total. The van der Waals surface area contributed by atoms with Gasteiger partial charge < -0.3 is 5.11 Å². The zero-order valence-electron chi connectivity index (χ0n) is 11.2. The quantitative estimate of drug-likeness (QED) is 0.925. The van der Waals surface area contributed by atoms with Crippen LogP contribution in [-0.2, 0) is 9.84 Å². The van der Waals surface area contributed by atoms with Crippen molar-refractivity contribution >= 4 is 20.6 Å². The summed E-state index contributed by atoms with van der Waals surface area (Å²) in [5.74, 6) is 0. The predicted octanol–water partition coefficient (Wildman–Crippen LogP) is 2.92. The Kier molecular flexibility index (Phi) is 3.52. The lowest BCUT2D eigenvalue weighted by molar-refractivity contribution is 0.133. The zero-order chi connectivity index (χ0) is 14.2. The van der Waals surface area contributed by atoms with Gasteiger partial charge in [0, 0.05) is 0 Å². The van der Waals surface area contributed by atoms with Crippen molar-refractivity contribution in [2.75, 3.05) is 0 Å². The van der Waals surface area contributed by atoms with Gasteiger partial charge in [-0.3, -0.25) is 0 Å². The summed E-state index contributed by atoms with van der Waals surface area (Å²) in [6, 6.07) is 12.9. The van der Waals surface area contributed by atoms with Crippen LogP contribution in [0.15, 0.2) is 47.4 Å². The van der Waals surface area contributed by atoms with Crippen molar-refractivity contribution in [3.8, 4) is 0 Å². The third-order valence-electron chi connectivity index (χ3n) is 4.12. The second kappa shape index (κ2) is 5.19. The topological polar surface area (TPSA) is 54.4 Å². The lowest BCUT2D eigenvalue weighted by atomic mass is 9.97. The van der Waals surface area contributed by atoms with E-state index in [4.69, 9.17) is 0 Å². The average Bonchev–Trinajstić information content (AvgIpc) is 2.47. The summed E-state index contributed by atoms with van der Waals surface area (Å²) in [6.45, 7) is 0. The highest BCUT2D eigenvalue weighted by Gasteiger charge is 2.35. The number of aliphatic hydroxyl groups is 1. The average molecular weight is 290 g/mol. The van der Waals surface area contributed by atoms with Gasteiger partial charge in [-0.1, -0.05) is 43.2 Å². The van der Waals surface area contributed by atoms with Gasteiger partial charge in [-0.15, -0.1) is 0 Å². The van der Waals surface area contributed by atoms with Gasteiger partial charge in [0.25, 0.3) is 0 Å². The number of fused-ring (bicyclic) bond motifs is 1. The molecule has 0 spiro atoms. The third-order valence-corrected chi connectivity index (χ3v) is 6.37. The largest absolute Gasteiger partial charge is 0.392 e. The third kappa shape index (κ3) is 2.34. The van der Waals surface area contributed by atoms with Gasteiger partial charge in [0.2, 0.25) is 0 Å². The van der Waals surface area contributed by atoms with E-state index in [1.807, 2.05) is 30.3 Å². The molecule has 3 nitrogen and oxygen atoms in total. The van der Waals surface area contributed by atoms with Gasteiger partial charge in [-0.05, 0) is 35.7 Å². The van der Waals surface area contributed by atoms with E-state index in [-0.39, 0.29) is 0 Å². The molecule has 4 heteroatoms. The van der Waals surface area contributed by atoms with E-state index < -0.39 is 21.2 Å². The molecule has 1 aliphatic carbocycles. The van der Waals surface area contributed by atoms with Crippen LogP contribution in [0.5, 0.6) is 0 Å². The molecule has 0 heterocycles. The van der Waals surface area contributed by atoms with Crippen LogP contribution >= 0.6 is 0 Å². The maximum Gasteiger partial charge on any atom is 0.183 e. The molecule has 2 aromatic rings. The van der Waals surface area contributed by atoms with Gasteiger partial charge in [0.1, 0.15) is 0 Å². The number of aliphatic hydroxyl groups excluding tert-OH is 1. The van der Waals surface area contributed by atoms with E-state index in [9.17, 15) is 13.5 Å². The molecule has 0 radical (unpaired) electrons. The maximum absolute atomic E-state index is 12.7. The minimum Gasteiger partial charge on any atom is -0.392 e. The van der Waals surface area contributed by atoms with Crippen LogP contribution in [0, 0.1) is 0 Å². The first-order chi connectivity index (χ1) is 9.59. The first-order valence-corrected chi connectivity index (χ1v) is 8.54. The van der Waals surface area contributed by atoms with Gasteiger partial charge >= 0.3 is 0 Å². The molecule has 20 heavy (non-hydrogen) atoms. The van der Waals surface area contributed by atoms with Crippen LogP contribution in [0.1, 0.15) is 25.7 Å². The summed E-state index contributed by atoms with van der Waals surface area (Å²) in [5.41, 5.74) is 0. The molecule has 0 bridgehead atoms. The molecule has 3 rings (SSSR count). The molecule has 0 unspecified atom stereocenters. The van der Waals surface area contributed by atoms with Crippen molar-refractivity contribution in [3.05, 3.63) is 42.5 Å². The summed E-state index contributed by atoms with van der Waals surface area (Å²) in [6.07, 6.45) is 2.17. The van der Waals surface area contributed by atoms with Crippen molar-refractivity contribution in [1.29, 1.82) is 0 Å². The monoisotopic (exact) mass is 290 g/mol. The molecule has 0 saturated heterocycles. The minimum atomic E-state index is -3.45. The Bertz CT molecular complexity index is 721. The molecule has 1 aliphatic rings. The molecule has 0 aliphatic heterocycles. The fourth-order valence-corrected chi connectivity index (χ4v) is 4.88. The summed E-state index contributed by atoms with van der Waals surface area (Å²) < 4.78 is 25.4. The minimum absolute atomic E-state index is 0.321. The SMILES string of the molecule is O=S(=O)(c1ccc2ccccc2c1)[C@H]1CCCC[C@@H]1O. The van der Waals surface area contributed by atoms with Gasteiger partial charge in [-0.25, -0.2) is 8.42 Å². The summed E-state index contributed by atoms with van der Waals surface area (Å²) in [4.78, 5) is 0.321. The van der Waals surface area contributed by atoms with Crippen LogP contribution < -0.4 is 0 Å². The lowest BCUT2D eigenvalue weighted by Crippen LogP contribution is -2.36. The van der Waals surface area contributed by atoms with E-state index in [0.29, 0.717) is 17.7 Å². The number of hydrogen-bond donors (Lipinski definition) is 1. The van der Waals surface area contributed by atoms with E-state index in [1.54, 1.807) is 12.1 Å². The zero-order valence-corrected chi connectivity index (χ0v) is 12.0. The summed E-state index contributed by atoms with van der Waals surface area (Å²) in [7, 11) is -3.45. The second-order valence-corrected chi connectivity index (χ2v) is 7.61. The molecule has 2 atom stereocenters. The maximum atomic E-state index is 12.7. The van der Waals surface area contributed by atoms with Crippen LogP contribution in [-0.4, -0.2) is 24.9 Å². The van der Waals surface area contributed by atoms with Crippen molar-refractivity contribution in [2.45, 2.75) is 41.9 Å². The van der Waals surface area contributed by atoms with Crippen LogP contribution in [0.25, 0.3) is 10.8 Å². The summed E-state index contributed by atoms with van der Waals surface area (Å²) >= 11 is 0. The van der Waals surface area contributed by atoms with Crippen LogP contribution in [0.3, 0.4) is 0 Å². The Morgan fingerprint density at radius 2 is 1.65 bits per heavy atom. The fraction of sp³-hybridized carbons (Fsp3) is 0.375. The lowest BCUT2D eigenvalue weighted by Gasteiger charge is -2.27. The molecule has 0 aromatic heterocycles. The van der Waals surface area contributed by atoms with Crippen molar-refractivity contribution < 1.29 is 13.5 Å². The number of benzene rings is 2. The molecular formula is C16H18O3S. The molecule has 2 aromatic carbocycles. The normalized spacial score (nSPS) is 23.9. The summed E-state index contributed by atoms with van der Waals surface area (Å²) in [5, 5.41) is 11.3. The smallest absolute Gasteiger partial charge is 0.183 e. The predicted molar refractivity (Wildman–Crippen MR) is 79.4 cm³/mol. The van der Waals surface area contributed by atoms with Crippen molar-refractivity contribution in [3.63, 3.8) is 0 Å². The Balaban J connectivity index is 2.04.